The molecule has 0 aliphatic rings. The number of nitrogens with zero attached hydrogens (tertiary/aromatic N) is 2. The van der Waals surface area contributed by atoms with Crippen LogP contribution < -0.4 is 5.43 Å². The minimum Gasteiger partial charge on any atom is -0.318 e. The number of thioether (sulfide) groups is 1. The van der Waals surface area contributed by atoms with Gasteiger partial charge in [-0.2, -0.15) is 5.10 Å². The highest BCUT2D eigenvalue weighted by Crippen LogP contribution is 2.21. The highest BCUT2D eigenvalue weighted by atomic mass is 79.9. The lowest BCUT2D eigenvalue weighted by molar-refractivity contribution is -0.120. The van der Waals surface area contributed by atoms with Crippen molar-refractivity contribution in [2.24, 2.45) is 5.10 Å². The van der Waals surface area contributed by atoms with Gasteiger partial charge in [0.1, 0.15) is 0 Å². The SMILES string of the molecule is Cc1cc(/C=N\NC(=O)[C@H](C)SCc2ccccc2)c(C)n1-c1ccc(Br)cc1. The van der Waals surface area contributed by atoms with E-state index in [1.807, 2.05) is 37.3 Å². The van der Waals surface area contributed by atoms with Crippen LogP contribution in [0.15, 0.2) is 70.2 Å². The van der Waals surface area contributed by atoms with E-state index in [9.17, 15) is 4.79 Å². The number of amides is 1. The van der Waals surface area contributed by atoms with Gasteiger partial charge in [-0.05, 0) is 56.7 Å². The number of hydrazone groups is 1. The number of benzene rings is 2. The zero-order chi connectivity index (χ0) is 20.8. The number of halogens is 1. The van der Waals surface area contributed by atoms with Gasteiger partial charge < -0.3 is 4.57 Å². The van der Waals surface area contributed by atoms with Crippen molar-refractivity contribution in [3.8, 4) is 5.69 Å². The van der Waals surface area contributed by atoms with E-state index < -0.39 is 0 Å². The number of carbonyl (C=O) groups is 1. The fourth-order valence-corrected chi connectivity index (χ4v) is 4.14. The maximum Gasteiger partial charge on any atom is 0.252 e. The van der Waals surface area contributed by atoms with Gasteiger partial charge in [0.15, 0.2) is 0 Å². The average Bonchev–Trinajstić information content (AvgIpc) is 3.01. The normalized spacial score (nSPS) is 12.3. The Bertz CT molecular complexity index is 997. The molecule has 6 heteroatoms. The molecule has 0 radical (unpaired) electrons. The molecule has 1 atom stereocenters. The van der Waals surface area contributed by atoms with Gasteiger partial charge in [0.25, 0.3) is 5.91 Å². The maximum absolute atomic E-state index is 12.3. The minimum absolute atomic E-state index is 0.0936. The molecule has 1 N–H and O–H groups in total. The first kappa shape index (κ1) is 21.4. The summed E-state index contributed by atoms with van der Waals surface area (Å²) in [6.45, 7) is 6.02. The Morgan fingerprint density at radius 3 is 2.55 bits per heavy atom. The number of carbonyl (C=O) groups excluding carboxylic acids is 1. The van der Waals surface area contributed by atoms with E-state index in [2.05, 4.69) is 75.2 Å². The van der Waals surface area contributed by atoms with Crippen LogP contribution in [0.25, 0.3) is 5.69 Å². The second-order valence-corrected chi connectivity index (χ2v) is 9.06. The van der Waals surface area contributed by atoms with Crippen molar-refractivity contribution in [2.45, 2.75) is 31.8 Å². The smallest absolute Gasteiger partial charge is 0.252 e. The molecule has 1 aromatic heterocycles. The summed E-state index contributed by atoms with van der Waals surface area (Å²) in [5.74, 6) is 0.705. The first-order chi connectivity index (χ1) is 14.0. The van der Waals surface area contributed by atoms with E-state index in [-0.39, 0.29) is 11.2 Å². The third-order valence-electron chi connectivity index (χ3n) is 4.65. The molecule has 1 heterocycles. The van der Waals surface area contributed by atoms with Gasteiger partial charge in [0.2, 0.25) is 0 Å². The van der Waals surface area contributed by atoms with E-state index in [0.29, 0.717) is 0 Å². The van der Waals surface area contributed by atoms with E-state index in [4.69, 9.17) is 0 Å². The predicted octanol–water partition coefficient (Wildman–Crippen LogP) is 5.63. The molecule has 0 aliphatic carbocycles. The molecule has 29 heavy (non-hydrogen) atoms. The molecule has 0 unspecified atom stereocenters. The third-order valence-corrected chi connectivity index (χ3v) is 6.39. The Balaban J connectivity index is 1.60. The molecule has 150 valence electrons. The number of rotatable bonds is 7. The Hall–Kier alpha value is -2.31. The zero-order valence-corrected chi connectivity index (χ0v) is 19.1. The molecule has 2 aromatic carbocycles. The molecule has 3 rings (SSSR count). The van der Waals surface area contributed by atoms with Crippen LogP contribution in [-0.2, 0) is 10.5 Å². The average molecular weight is 470 g/mol. The number of nitrogens with one attached hydrogen (secondary N) is 1. The molecule has 0 saturated heterocycles. The molecule has 1 amide bonds. The van der Waals surface area contributed by atoms with E-state index >= 15 is 0 Å². The summed E-state index contributed by atoms with van der Waals surface area (Å²) in [6, 6.07) is 20.4. The van der Waals surface area contributed by atoms with Gasteiger partial charge in [-0.1, -0.05) is 46.3 Å². The van der Waals surface area contributed by atoms with Crippen LogP contribution in [0.5, 0.6) is 0 Å². The van der Waals surface area contributed by atoms with Crippen molar-refractivity contribution >= 4 is 39.8 Å². The molecular formula is C23H24BrN3OS. The summed E-state index contributed by atoms with van der Waals surface area (Å²) in [4.78, 5) is 12.3. The van der Waals surface area contributed by atoms with Gasteiger partial charge in [0.05, 0.1) is 11.5 Å². The second kappa shape index (κ2) is 9.94. The Morgan fingerprint density at radius 2 is 1.86 bits per heavy atom. The first-order valence-corrected chi connectivity index (χ1v) is 11.2. The number of aromatic nitrogens is 1. The highest BCUT2D eigenvalue weighted by Gasteiger charge is 2.13. The Morgan fingerprint density at radius 1 is 1.17 bits per heavy atom. The van der Waals surface area contributed by atoms with Gasteiger partial charge in [-0.25, -0.2) is 5.43 Å². The fourth-order valence-electron chi connectivity index (χ4n) is 3.03. The van der Waals surface area contributed by atoms with Crippen LogP contribution in [0.2, 0.25) is 0 Å². The van der Waals surface area contributed by atoms with Crippen LogP contribution in [0.3, 0.4) is 0 Å². The van der Waals surface area contributed by atoms with Crippen LogP contribution in [0, 0.1) is 13.8 Å². The van der Waals surface area contributed by atoms with E-state index in [0.717, 1.165) is 32.9 Å². The van der Waals surface area contributed by atoms with Crippen molar-refractivity contribution in [1.82, 2.24) is 9.99 Å². The molecule has 0 spiro atoms. The first-order valence-electron chi connectivity index (χ1n) is 9.39. The van der Waals surface area contributed by atoms with Crippen molar-refractivity contribution in [2.75, 3.05) is 0 Å². The van der Waals surface area contributed by atoms with Crippen LogP contribution in [0.1, 0.15) is 29.4 Å². The largest absolute Gasteiger partial charge is 0.318 e. The Labute approximate surface area is 184 Å². The lowest BCUT2D eigenvalue weighted by Gasteiger charge is -2.10. The van der Waals surface area contributed by atoms with Crippen molar-refractivity contribution in [1.29, 1.82) is 0 Å². The lowest BCUT2D eigenvalue weighted by atomic mass is 10.2. The quantitative estimate of drug-likeness (QED) is 0.360. The molecular weight excluding hydrogens is 446 g/mol. The topological polar surface area (TPSA) is 46.4 Å². The van der Waals surface area contributed by atoms with E-state index in [1.165, 1.54) is 5.56 Å². The third kappa shape index (κ3) is 5.61. The van der Waals surface area contributed by atoms with Gasteiger partial charge in [-0.15, -0.1) is 11.8 Å². The molecule has 4 nitrogen and oxygen atoms in total. The highest BCUT2D eigenvalue weighted by molar-refractivity contribution is 9.10. The monoisotopic (exact) mass is 469 g/mol. The summed E-state index contributed by atoms with van der Waals surface area (Å²) >= 11 is 5.07. The number of aryl methyl sites for hydroxylation is 1. The molecule has 0 aliphatic heterocycles. The Kier molecular flexibility index (Phi) is 7.34. The summed E-state index contributed by atoms with van der Waals surface area (Å²) in [5, 5.41) is 4.00. The van der Waals surface area contributed by atoms with Gasteiger partial charge in [-0.3, -0.25) is 4.79 Å². The van der Waals surface area contributed by atoms with Crippen LogP contribution in [0.4, 0.5) is 0 Å². The molecule has 0 saturated carbocycles. The van der Waals surface area contributed by atoms with Crippen molar-refractivity contribution in [3.05, 3.63) is 87.7 Å². The molecule has 3 aromatic rings. The fraction of sp³-hybridized carbons (Fsp3) is 0.217. The summed E-state index contributed by atoms with van der Waals surface area (Å²) < 4.78 is 3.22. The summed E-state index contributed by atoms with van der Waals surface area (Å²) in [6.07, 6.45) is 1.71. The lowest BCUT2D eigenvalue weighted by Crippen LogP contribution is -2.27. The standard InChI is InChI=1S/C23H24BrN3OS/c1-16-13-20(17(2)27(16)22-11-9-21(24)10-12-22)14-25-26-23(28)18(3)29-15-19-7-5-4-6-8-19/h4-14,18H,15H2,1-3H3,(H,26,28)/b25-14-/t18-/m0/s1. The molecule has 0 bridgehead atoms. The zero-order valence-electron chi connectivity index (χ0n) is 16.7. The van der Waals surface area contributed by atoms with Crippen molar-refractivity contribution < 1.29 is 4.79 Å². The number of hydrogen-bond acceptors (Lipinski definition) is 3. The van der Waals surface area contributed by atoms with E-state index in [1.54, 1.807) is 18.0 Å². The second-order valence-electron chi connectivity index (χ2n) is 6.81. The van der Waals surface area contributed by atoms with Crippen LogP contribution >= 0.6 is 27.7 Å². The van der Waals surface area contributed by atoms with Crippen molar-refractivity contribution in [3.63, 3.8) is 0 Å². The minimum atomic E-state index is -0.178. The summed E-state index contributed by atoms with van der Waals surface area (Å²) in [7, 11) is 0. The predicted molar refractivity (Wildman–Crippen MR) is 126 cm³/mol. The molecule has 0 fully saturated rings. The summed E-state index contributed by atoms with van der Waals surface area (Å²) in [5.41, 5.74) is 8.14. The number of hydrogen-bond donors (Lipinski definition) is 1. The van der Waals surface area contributed by atoms with Gasteiger partial charge in [0, 0.05) is 32.9 Å². The van der Waals surface area contributed by atoms with Crippen LogP contribution in [-0.4, -0.2) is 21.9 Å². The maximum atomic E-state index is 12.3. The van der Waals surface area contributed by atoms with Gasteiger partial charge >= 0.3 is 0 Å².